The number of hydrogen-bond donors (Lipinski definition) is 0. The molecule has 204 valence electrons. The highest BCUT2D eigenvalue weighted by Crippen LogP contribution is 2.40. The summed E-state index contributed by atoms with van der Waals surface area (Å²) in [4.78, 5) is 16.0. The summed E-state index contributed by atoms with van der Waals surface area (Å²) in [6.07, 6.45) is 9.00. The number of pyridine rings is 1. The number of piperidine rings is 2. The Morgan fingerprint density at radius 2 is 1.55 bits per heavy atom. The number of benzene rings is 1. The molecule has 2 unspecified atom stereocenters. The van der Waals surface area contributed by atoms with Gasteiger partial charge in [0, 0.05) is 54.6 Å². The van der Waals surface area contributed by atoms with Gasteiger partial charge in [0.15, 0.2) is 15.5 Å². The molecule has 3 saturated heterocycles. The molecule has 8 heteroatoms. The van der Waals surface area contributed by atoms with Crippen molar-refractivity contribution in [3.05, 3.63) is 41.6 Å². The first kappa shape index (κ1) is 26.0. The van der Waals surface area contributed by atoms with Gasteiger partial charge in [-0.05, 0) is 108 Å². The van der Waals surface area contributed by atoms with Crippen molar-refractivity contribution in [3.63, 3.8) is 0 Å². The molecule has 3 aromatic rings. The number of likely N-dealkylation sites (tertiary alicyclic amines) is 1. The number of rotatable bonds is 5. The Balaban J connectivity index is 1.18. The van der Waals surface area contributed by atoms with Crippen molar-refractivity contribution >= 4 is 21.0 Å². The van der Waals surface area contributed by atoms with Gasteiger partial charge in [-0.25, -0.2) is 18.4 Å². The van der Waals surface area contributed by atoms with Gasteiger partial charge in [-0.3, -0.25) is 4.90 Å². The molecule has 38 heavy (non-hydrogen) atoms. The Labute approximate surface area is 227 Å². The van der Waals surface area contributed by atoms with E-state index < -0.39 is 9.84 Å². The molecule has 1 aromatic carbocycles. The fraction of sp³-hybridized carbons (Fsp3) is 0.600. The number of fused-ring (bicyclic) bond motifs is 3. The molecule has 0 N–H and O–H groups in total. The molecular weight excluding hydrogens is 494 g/mol. The average molecular weight is 536 g/mol. The van der Waals surface area contributed by atoms with Crippen molar-refractivity contribution in [3.8, 4) is 11.4 Å². The van der Waals surface area contributed by atoms with E-state index in [4.69, 9.17) is 9.97 Å². The third kappa shape index (κ3) is 4.58. The molecule has 7 nitrogen and oxygen atoms in total. The van der Waals surface area contributed by atoms with Crippen LogP contribution in [0.4, 0.5) is 0 Å². The van der Waals surface area contributed by atoms with Crippen molar-refractivity contribution in [2.45, 2.75) is 94.3 Å². The van der Waals surface area contributed by atoms with Crippen LogP contribution in [0, 0.1) is 6.92 Å². The lowest BCUT2D eigenvalue weighted by atomic mass is 9.88. The van der Waals surface area contributed by atoms with Gasteiger partial charge in [0.25, 0.3) is 0 Å². The van der Waals surface area contributed by atoms with E-state index in [-0.39, 0.29) is 0 Å². The summed E-state index contributed by atoms with van der Waals surface area (Å²) in [5.74, 6) is 1.29. The van der Waals surface area contributed by atoms with E-state index in [2.05, 4.69) is 41.2 Å². The van der Waals surface area contributed by atoms with Crippen LogP contribution in [0.2, 0.25) is 0 Å². The van der Waals surface area contributed by atoms with Crippen LogP contribution >= 0.6 is 0 Å². The molecule has 0 amide bonds. The van der Waals surface area contributed by atoms with Crippen molar-refractivity contribution in [1.29, 1.82) is 0 Å². The van der Waals surface area contributed by atoms with E-state index in [0.717, 1.165) is 59.1 Å². The van der Waals surface area contributed by atoms with Crippen LogP contribution in [0.1, 0.15) is 69.5 Å². The maximum atomic E-state index is 11.9. The first-order chi connectivity index (χ1) is 18.1. The SMILES string of the molecule is Cc1cc(C2CCN(C3CC4CCC(C3)N4C(C)C)CC2)nc2c1nc(-c1ccc(S(C)(=O)=O)cc1)n2C. The van der Waals surface area contributed by atoms with Crippen molar-refractivity contribution in [1.82, 2.24) is 24.3 Å². The highest BCUT2D eigenvalue weighted by molar-refractivity contribution is 7.90. The molecule has 6 rings (SSSR count). The number of nitrogens with zero attached hydrogens (tertiary/aromatic N) is 5. The minimum absolute atomic E-state index is 0.320. The number of aryl methyl sites for hydroxylation is 2. The zero-order valence-corrected chi connectivity index (χ0v) is 24.2. The van der Waals surface area contributed by atoms with Gasteiger partial charge in [-0.2, -0.15) is 0 Å². The second-order valence-corrected chi connectivity index (χ2v) is 14.2. The maximum Gasteiger partial charge on any atom is 0.175 e. The van der Waals surface area contributed by atoms with E-state index in [1.165, 1.54) is 50.7 Å². The molecule has 2 bridgehead atoms. The lowest BCUT2D eigenvalue weighted by Crippen LogP contribution is -2.53. The molecule has 5 heterocycles. The van der Waals surface area contributed by atoms with E-state index in [9.17, 15) is 8.42 Å². The predicted molar refractivity (Wildman–Crippen MR) is 152 cm³/mol. The Morgan fingerprint density at radius 3 is 2.13 bits per heavy atom. The number of imidazole rings is 1. The van der Waals surface area contributed by atoms with Gasteiger partial charge < -0.3 is 9.47 Å². The summed E-state index contributed by atoms with van der Waals surface area (Å²) in [5, 5.41) is 0. The molecule has 3 fully saturated rings. The van der Waals surface area contributed by atoms with Crippen LogP contribution in [-0.2, 0) is 16.9 Å². The highest BCUT2D eigenvalue weighted by Gasteiger charge is 2.43. The molecule has 3 aliphatic rings. The van der Waals surface area contributed by atoms with Crippen molar-refractivity contribution < 1.29 is 8.42 Å². The second-order valence-electron chi connectivity index (χ2n) is 12.2. The summed E-state index contributed by atoms with van der Waals surface area (Å²) >= 11 is 0. The molecule has 0 radical (unpaired) electrons. The molecule has 0 aliphatic carbocycles. The maximum absolute atomic E-state index is 11.9. The number of sulfone groups is 1. The van der Waals surface area contributed by atoms with Gasteiger partial charge in [-0.1, -0.05) is 0 Å². The summed E-state index contributed by atoms with van der Waals surface area (Å²) in [7, 11) is -1.22. The molecule has 2 atom stereocenters. The molecular formula is C30H41N5O2S. The third-order valence-corrected chi connectivity index (χ3v) is 10.5. The lowest BCUT2D eigenvalue weighted by molar-refractivity contribution is 0.0296. The van der Waals surface area contributed by atoms with E-state index in [1.807, 2.05) is 19.2 Å². The van der Waals surface area contributed by atoms with Crippen molar-refractivity contribution in [2.75, 3.05) is 19.3 Å². The van der Waals surface area contributed by atoms with Gasteiger partial charge >= 0.3 is 0 Å². The summed E-state index contributed by atoms with van der Waals surface area (Å²) in [6.45, 7) is 9.19. The minimum Gasteiger partial charge on any atom is -0.312 e. The number of hydrogen-bond acceptors (Lipinski definition) is 6. The normalized spacial score (nSPS) is 25.6. The minimum atomic E-state index is -3.23. The van der Waals surface area contributed by atoms with Crippen LogP contribution in [0.5, 0.6) is 0 Å². The van der Waals surface area contributed by atoms with Gasteiger partial charge in [0.05, 0.1) is 4.90 Å². The van der Waals surface area contributed by atoms with E-state index in [0.29, 0.717) is 16.9 Å². The molecule has 3 aliphatic heterocycles. The van der Waals surface area contributed by atoms with Crippen LogP contribution in [0.25, 0.3) is 22.6 Å². The zero-order valence-electron chi connectivity index (χ0n) is 23.4. The first-order valence-corrected chi connectivity index (χ1v) is 16.1. The van der Waals surface area contributed by atoms with Crippen molar-refractivity contribution in [2.24, 2.45) is 7.05 Å². The Bertz CT molecular complexity index is 1420. The molecule has 0 spiro atoms. The largest absolute Gasteiger partial charge is 0.312 e. The monoisotopic (exact) mass is 535 g/mol. The smallest absolute Gasteiger partial charge is 0.175 e. The Hall–Kier alpha value is -2.29. The molecule has 0 saturated carbocycles. The van der Waals surface area contributed by atoms with Crippen LogP contribution in [0.3, 0.4) is 0 Å². The second kappa shape index (κ2) is 9.72. The van der Waals surface area contributed by atoms with Gasteiger partial charge in [0.1, 0.15) is 11.3 Å². The fourth-order valence-corrected chi connectivity index (χ4v) is 8.16. The summed E-state index contributed by atoms with van der Waals surface area (Å²) in [5.41, 5.74) is 5.06. The van der Waals surface area contributed by atoms with Crippen LogP contribution < -0.4 is 0 Å². The topological polar surface area (TPSA) is 71.3 Å². The summed E-state index contributed by atoms with van der Waals surface area (Å²) < 4.78 is 25.8. The fourth-order valence-electron chi connectivity index (χ4n) is 7.53. The average Bonchev–Trinajstić information content (AvgIpc) is 3.37. The Kier molecular flexibility index (Phi) is 6.64. The predicted octanol–water partition coefficient (Wildman–Crippen LogP) is 4.93. The van der Waals surface area contributed by atoms with Gasteiger partial charge in [0.2, 0.25) is 0 Å². The van der Waals surface area contributed by atoms with Gasteiger partial charge in [-0.15, -0.1) is 0 Å². The third-order valence-electron chi connectivity index (χ3n) is 9.40. The van der Waals surface area contributed by atoms with Crippen LogP contribution in [-0.4, -0.2) is 76.3 Å². The standard InChI is InChI=1S/C30H41N5O2S/c1-19(2)35-23-8-9-24(35)18-25(17-23)34-14-12-21(13-15-34)27-16-20(3)28-30(31-27)33(4)29(32-28)22-6-10-26(11-7-22)38(5,36)37/h6-7,10-11,16,19,21,23-25H,8-9,12-15,17-18H2,1-5H3. The molecule has 2 aromatic heterocycles. The first-order valence-electron chi connectivity index (χ1n) is 14.3. The number of aromatic nitrogens is 3. The van der Waals surface area contributed by atoms with E-state index in [1.54, 1.807) is 12.1 Å². The zero-order chi connectivity index (χ0) is 26.8. The summed E-state index contributed by atoms with van der Waals surface area (Å²) in [6, 6.07) is 12.2. The van der Waals surface area contributed by atoms with E-state index >= 15 is 0 Å². The van der Waals surface area contributed by atoms with Crippen LogP contribution in [0.15, 0.2) is 35.2 Å². The highest BCUT2D eigenvalue weighted by atomic mass is 32.2. The quantitative estimate of drug-likeness (QED) is 0.461. The Morgan fingerprint density at radius 1 is 0.921 bits per heavy atom. The lowest BCUT2D eigenvalue weighted by Gasteiger charge is -2.46.